The number of unbranched alkanes of at least 4 members (excludes halogenated alkanes) is 8. The van der Waals surface area contributed by atoms with Gasteiger partial charge in [0.2, 0.25) is 0 Å². The third kappa shape index (κ3) is 45.1. The van der Waals surface area contributed by atoms with Crippen molar-refractivity contribution in [1.29, 1.82) is 0 Å². The Morgan fingerprint density at radius 1 is 0.762 bits per heavy atom. The number of hydrogen-bond donors (Lipinski definition) is 2. The van der Waals surface area contributed by atoms with E-state index in [1.54, 1.807) is 0 Å². The van der Waals surface area contributed by atoms with Crippen LogP contribution in [0.15, 0.2) is 13.2 Å². The lowest BCUT2D eigenvalue weighted by atomic mass is 10.1. The first-order valence-electron chi connectivity index (χ1n) is 8.07. The second-order valence-electron chi connectivity index (χ2n) is 4.69. The molecule has 0 aromatic carbocycles. The molecule has 21 heavy (non-hydrogen) atoms. The minimum atomic E-state index is -2.87. The van der Waals surface area contributed by atoms with E-state index in [-0.39, 0.29) is 0 Å². The SMILES string of the molecule is C=C.CCCCCCCCCOCCCCC.O=[P+](O)O. The van der Waals surface area contributed by atoms with Gasteiger partial charge in [-0.1, -0.05) is 65.2 Å². The maximum absolute atomic E-state index is 8.70. The molecular formula is C16H36O4P+. The summed E-state index contributed by atoms with van der Waals surface area (Å²) in [5.41, 5.74) is 0. The van der Waals surface area contributed by atoms with E-state index in [1.807, 2.05) is 0 Å². The van der Waals surface area contributed by atoms with Gasteiger partial charge >= 0.3 is 8.25 Å². The quantitative estimate of drug-likeness (QED) is 0.288. The summed E-state index contributed by atoms with van der Waals surface area (Å²) in [6.45, 7) is 12.5. The lowest BCUT2D eigenvalue weighted by Gasteiger charge is -2.03. The summed E-state index contributed by atoms with van der Waals surface area (Å²) in [7, 11) is -2.87. The van der Waals surface area contributed by atoms with Crippen LogP contribution in [-0.2, 0) is 9.30 Å². The Bertz CT molecular complexity index is 173. The molecular weight excluding hydrogens is 287 g/mol. The zero-order valence-electron chi connectivity index (χ0n) is 14.1. The first-order valence-corrected chi connectivity index (χ1v) is 9.24. The summed E-state index contributed by atoms with van der Waals surface area (Å²) in [5, 5.41) is 0. The van der Waals surface area contributed by atoms with Gasteiger partial charge in [0.15, 0.2) is 0 Å². The van der Waals surface area contributed by atoms with E-state index in [2.05, 4.69) is 27.0 Å². The zero-order valence-corrected chi connectivity index (χ0v) is 15.0. The van der Waals surface area contributed by atoms with Gasteiger partial charge in [-0.15, -0.1) is 22.9 Å². The maximum Gasteiger partial charge on any atom is 0.692 e. The molecule has 0 atom stereocenters. The van der Waals surface area contributed by atoms with E-state index in [4.69, 9.17) is 19.1 Å². The van der Waals surface area contributed by atoms with E-state index in [0.29, 0.717) is 0 Å². The smallest absolute Gasteiger partial charge is 0.381 e. The Kier molecular flexibility index (Phi) is 34.2. The molecule has 5 heteroatoms. The first-order chi connectivity index (χ1) is 10.1. The van der Waals surface area contributed by atoms with Crippen molar-refractivity contribution >= 4 is 8.25 Å². The van der Waals surface area contributed by atoms with E-state index in [9.17, 15) is 0 Å². The van der Waals surface area contributed by atoms with E-state index in [1.165, 1.54) is 64.2 Å². The van der Waals surface area contributed by atoms with Crippen LogP contribution in [0, 0.1) is 0 Å². The molecule has 0 radical (unpaired) electrons. The molecule has 0 aliphatic heterocycles. The number of hydrogen-bond acceptors (Lipinski definition) is 2. The van der Waals surface area contributed by atoms with Crippen LogP contribution in [0.5, 0.6) is 0 Å². The first kappa shape index (κ1) is 25.7. The number of ether oxygens (including phenoxy) is 1. The highest BCUT2D eigenvalue weighted by Gasteiger charge is 1.93. The summed E-state index contributed by atoms with van der Waals surface area (Å²) in [5.74, 6) is 0. The summed E-state index contributed by atoms with van der Waals surface area (Å²) in [4.78, 5) is 14.2. The van der Waals surface area contributed by atoms with Gasteiger partial charge < -0.3 is 4.74 Å². The van der Waals surface area contributed by atoms with Crippen LogP contribution in [0.2, 0.25) is 0 Å². The molecule has 0 amide bonds. The van der Waals surface area contributed by atoms with Crippen LogP contribution < -0.4 is 0 Å². The Balaban J connectivity index is -0.000000461. The van der Waals surface area contributed by atoms with E-state index in [0.717, 1.165) is 13.2 Å². The van der Waals surface area contributed by atoms with E-state index >= 15 is 0 Å². The summed E-state index contributed by atoms with van der Waals surface area (Å²) < 4.78 is 14.3. The predicted molar refractivity (Wildman–Crippen MR) is 91.6 cm³/mol. The Morgan fingerprint density at radius 2 is 1.05 bits per heavy atom. The van der Waals surface area contributed by atoms with Gasteiger partial charge in [-0.25, -0.2) is 0 Å². The third-order valence-electron chi connectivity index (χ3n) is 2.78. The zero-order chi connectivity index (χ0) is 16.8. The molecule has 0 heterocycles. The van der Waals surface area contributed by atoms with Crippen molar-refractivity contribution < 1.29 is 19.1 Å². The van der Waals surface area contributed by atoms with Gasteiger partial charge in [-0.3, -0.25) is 0 Å². The summed E-state index contributed by atoms with van der Waals surface area (Å²) in [6.07, 6.45) is 13.5. The van der Waals surface area contributed by atoms with Gasteiger partial charge in [0, 0.05) is 17.8 Å². The van der Waals surface area contributed by atoms with Crippen molar-refractivity contribution in [3.05, 3.63) is 13.2 Å². The van der Waals surface area contributed by atoms with Crippen LogP contribution in [0.25, 0.3) is 0 Å². The molecule has 0 fully saturated rings. The molecule has 0 aliphatic carbocycles. The normalized spacial score (nSPS) is 9.14. The van der Waals surface area contributed by atoms with Crippen molar-refractivity contribution in [3.63, 3.8) is 0 Å². The minimum Gasteiger partial charge on any atom is -0.381 e. The van der Waals surface area contributed by atoms with Crippen LogP contribution in [-0.4, -0.2) is 23.0 Å². The molecule has 2 N–H and O–H groups in total. The van der Waals surface area contributed by atoms with Crippen molar-refractivity contribution in [1.82, 2.24) is 0 Å². The standard InChI is InChI=1S/C14H30O.C2H4.HO3P/c1-3-5-7-8-9-10-12-14-15-13-11-6-4-2;1-2;1-4(2)3/h3-14H2,1-2H3;1-2H2;(H-,1,2,3)/p+1. The fourth-order valence-corrected chi connectivity index (χ4v) is 1.72. The molecule has 0 bridgehead atoms. The molecule has 0 saturated carbocycles. The second-order valence-corrected chi connectivity index (χ2v) is 5.20. The second kappa shape index (κ2) is 28.0. The fourth-order valence-electron chi connectivity index (χ4n) is 1.72. The molecule has 0 unspecified atom stereocenters. The molecule has 0 aromatic heterocycles. The Morgan fingerprint density at radius 3 is 1.48 bits per heavy atom. The van der Waals surface area contributed by atoms with Gasteiger partial charge in [-0.2, -0.15) is 0 Å². The topological polar surface area (TPSA) is 66.8 Å². The lowest BCUT2D eigenvalue weighted by Crippen LogP contribution is -1.96. The van der Waals surface area contributed by atoms with E-state index < -0.39 is 8.25 Å². The summed E-state index contributed by atoms with van der Waals surface area (Å²) >= 11 is 0. The minimum absolute atomic E-state index is 0.976. The van der Waals surface area contributed by atoms with Gasteiger partial charge in [0.25, 0.3) is 0 Å². The molecule has 0 spiro atoms. The van der Waals surface area contributed by atoms with Gasteiger partial charge in [0.05, 0.1) is 0 Å². The molecule has 0 aromatic rings. The molecule has 0 aliphatic rings. The third-order valence-corrected chi connectivity index (χ3v) is 2.78. The van der Waals surface area contributed by atoms with Crippen LogP contribution in [0.4, 0.5) is 0 Å². The highest BCUT2D eigenvalue weighted by atomic mass is 31.1. The van der Waals surface area contributed by atoms with Crippen molar-refractivity contribution in [3.8, 4) is 0 Å². The van der Waals surface area contributed by atoms with Crippen molar-refractivity contribution in [2.45, 2.75) is 78.1 Å². The fraction of sp³-hybridized carbons (Fsp3) is 0.875. The average molecular weight is 323 g/mol. The van der Waals surface area contributed by atoms with Crippen LogP contribution >= 0.6 is 8.25 Å². The van der Waals surface area contributed by atoms with Gasteiger partial charge in [0.1, 0.15) is 0 Å². The molecule has 4 nitrogen and oxygen atoms in total. The molecule has 0 saturated heterocycles. The maximum atomic E-state index is 8.70. The average Bonchev–Trinajstić information content (AvgIpc) is 2.46. The Labute approximate surface area is 132 Å². The predicted octanol–water partition coefficient (Wildman–Crippen LogP) is 5.37. The molecule has 128 valence electrons. The largest absolute Gasteiger partial charge is 0.692 e. The summed E-state index contributed by atoms with van der Waals surface area (Å²) in [6, 6.07) is 0. The van der Waals surface area contributed by atoms with Crippen molar-refractivity contribution in [2.24, 2.45) is 0 Å². The van der Waals surface area contributed by atoms with Crippen LogP contribution in [0.3, 0.4) is 0 Å². The highest BCUT2D eigenvalue weighted by Crippen LogP contribution is 2.07. The Hall–Kier alpha value is -0.280. The van der Waals surface area contributed by atoms with Crippen LogP contribution in [0.1, 0.15) is 78.1 Å². The lowest BCUT2D eigenvalue weighted by molar-refractivity contribution is 0.126. The number of rotatable bonds is 12. The van der Waals surface area contributed by atoms with Gasteiger partial charge in [-0.05, 0) is 12.8 Å². The van der Waals surface area contributed by atoms with Crippen molar-refractivity contribution in [2.75, 3.05) is 13.2 Å². The highest BCUT2D eigenvalue weighted by molar-refractivity contribution is 7.30. The molecule has 0 rings (SSSR count). The monoisotopic (exact) mass is 323 g/mol.